The Morgan fingerprint density at radius 1 is 1.24 bits per heavy atom. The van der Waals surface area contributed by atoms with Crippen LogP contribution in [0.25, 0.3) is 0 Å². The molecular weight excluding hydrogens is 320 g/mol. The highest BCUT2D eigenvalue weighted by Gasteiger charge is 2.23. The molecule has 0 N–H and O–H groups in total. The first kappa shape index (κ1) is 16.7. The number of ether oxygens (including phenoxy) is 3. The summed E-state index contributed by atoms with van der Waals surface area (Å²) < 4.78 is 17.0. The van der Waals surface area contributed by atoms with E-state index in [0.29, 0.717) is 36.0 Å². The van der Waals surface area contributed by atoms with E-state index in [2.05, 4.69) is 0 Å². The maximum atomic E-state index is 12.3. The molecular formula is C19H18N2O4. The molecule has 0 aliphatic carbocycles. The maximum Gasteiger partial charge on any atom is 0.260 e. The predicted molar refractivity (Wildman–Crippen MR) is 90.6 cm³/mol. The Morgan fingerprint density at radius 2 is 1.96 bits per heavy atom. The first-order valence-electron chi connectivity index (χ1n) is 7.91. The highest BCUT2D eigenvalue weighted by molar-refractivity contribution is 5.77. The van der Waals surface area contributed by atoms with Crippen LogP contribution in [-0.4, -0.2) is 43.7 Å². The zero-order valence-electron chi connectivity index (χ0n) is 13.8. The van der Waals surface area contributed by atoms with Gasteiger partial charge in [0.1, 0.15) is 18.4 Å². The highest BCUT2D eigenvalue weighted by Crippen LogP contribution is 2.30. The van der Waals surface area contributed by atoms with Crippen LogP contribution in [-0.2, 0) is 4.79 Å². The second-order valence-corrected chi connectivity index (χ2v) is 5.67. The molecule has 2 aromatic rings. The third-order valence-electron chi connectivity index (χ3n) is 3.83. The van der Waals surface area contributed by atoms with Crippen LogP contribution in [0.2, 0.25) is 0 Å². The van der Waals surface area contributed by atoms with Crippen LogP contribution in [0.3, 0.4) is 0 Å². The number of carbonyl (C=O) groups is 1. The Labute approximate surface area is 146 Å². The lowest BCUT2D eigenvalue weighted by atomic mass is 10.2. The van der Waals surface area contributed by atoms with Crippen LogP contribution in [0.15, 0.2) is 48.5 Å². The van der Waals surface area contributed by atoms with Crippen molar-refractivity contribution >= 4 is 5.91 Å². The van der Waals surface area contributed by atoms with Gasteiger partial charge in [-0.2, -0.15) is 5.26 Å². The first-order valence-corrected chi connectivity index (χ1v) is 7.91. The molecule has 0 saturated carbocycles. The molecule has 0 fully saturated rings. The standard InChI is InChI=1S/C19H18N2O4/c1-21(11-15-12-23-17-8-4-5-9-18(17)25-15)19(22)13-24-16-7-3-2-6-14(16)10-20/h2-9,15H,11-13H2,1H3/t15-/m0/s1. The number of benzene rings is 2. The van der Waals surface area contributed by atoms with Crippen molar-refractivity contribution in [1.29, 1.82) is 5.26 Å². The van der Waals surface area contributed by atoms with Gasteiger partial charge in [0.15, 0.2) is 24.2 Å². The Kier molecular flexibility index (Phi) is 5.05. The van der Waals surface area contributed by atoms with E-state index in [4.69, 9.17) is 19.5 Å². The molecule has 128 valence electrons. The molecule has 0 unspecified atom stereocenters. The monoisotopic (exact) mass is 338 g/mol. The minimum atomic E-state index is -0.241. The minimum Gasteiger partial charge on any atom is -0.486 e. The van der Waals surface area contributed by atoms with Crippen LogP contribution in [0, 0.1) is 11.3 Å². The fourth-order valence-electron chi connectivity index (χ4n) is 2.49. The van der Waals surface area contributed by atoms with E-state index in [1.165, 1.54) is 4.90 Å². The molecule has 2 aromatic carbocycles. The van der Waals surface area contributed by atoms with Crippen LogP contribution >= 0.6 is 0 Å². The van der Waals surface area contributed by atoms with Crippen molar-refractivity contribution in [3.8, 4) is 23.3 Å². The molecule has 1 heterocycles. The van der Waals surface area contributed by atoms with Gasteiger partial charge < -0.3 is 19.1 Å². The zero-order chi connectivity index (χ0) is 17.6. The van der Waals surface area contributed by atoms with Crippen molar-refractivity contribution in [2.24, 2.45) is 0 Å². The topological polar surface area (TPSA) is 71.8 Å². The average molecular weight is 338 g/mol. The van der Waals surface area contributed by atoms with Crippen LogP contribution in [0.5, 0.6) is 17.2 Å². The molecule has 1 atom stereocenters. The molecule has 1 aliphatic heterocycles. The Morgan fingerprint density at radius 3 is 2.76 bits per heavy atom. The largest absolute Gasteiger partial charge is 0.486 e. The number of hydrogen-bond acceptors (Lipinski definition) is 5. The number of likely N-dealkylation sites (N-methyl/N-ethyl adjacent to an activating group) is 1. The normalized spacial score (nSPS) is 15.1. The van der Waals surface area contributed by atoms with Gasteiger partial charge in [0.05, 0.1) is 12.1 Å². The molecule has 0 spiro atoms. The number of nitriles is 1. The van der Waals surface area contributed by atoms with Crippen molar-refractivity contribution in [3.63, 3.8) is 0 Å². The summed E-state index contributed by atoms with van der Waals surface area (Å²) in [6.07, 6.45) is -0.241. The number of fused-ring (bicyclic) bond motifs is 1. The molecule has 1 amide bonds. The Bertz CT molecular complexity index is 800. The predicted octanol–water partition coefficient (Wildman–Crippen LogP) is 2.24. The van der Waals surface area contributed by atoms with Crippen molar-refractivity contribution in [3.05, 3.63) is 54.1 Å². The number of hydrogen-bond donors (Lipinski definition) is 0. The van der Waals surface area contributed by atoms with E-state index in [0.717, 1.165) is 0 Å². The zero-order valence-corrected chi connectivity index (χ0v) is 13.8. The number of carbonyl (C=O) groups excluding carboxylic acids is 1. The molecule has 0 saturated heterocycles. The fraction of sp³-hybridized carbons (Fsp3) is 0.263. The van der Waals surface area contributed by atoms with Crippen molar-refractivity contribution in [1.82, 2.24) is 4.90 Å². The van der Waals surface area contributed by atoms with Crippen LogP contribution in [0.1, 0.15) is 5.56 Å². The van der Waals surface area contributed by atoms with Crippen LogP contribution in [0.4, 0.5) is 0 Å². The van der Waals surface area contributed by atoms with Gasteiger partial charge in [0.25, 0.3) is 5.91 Å². The van der Waals surface area contributed by atoms with Crippen molar-refractivity contribution in [2.75, 3.05) is 26.8 Å². The highest BCUT2D eigenvalue weighted by atomic mass is 16.6. The first-order chi connectivity index (χ1) is 12.2. The SMILES string of the molecule is CN(C[C@H]1COc2ccccc2O1)C(=O)COc1ccccc1C#N. The van der Waals surface area contributed by atoms with Crippen LogP contribution < -0.4 is 14.2 Å². The fourth-order valence-corrected chi connectivity index (χ4v) is 2.49. The quantitative estimate of drug-likeness (QED) is 0.836. The van der Waals surface area contributed by atoms with Gasteiger partial charge in [-0.25, -0.2) is 0 Å². The van der Waals surface area contributed by atoms with Gasteiger partial charge in [-0.05, 0) is 24.3 Å². The van der Waals surface area contributed by atoms with E-state index in [1.54, 1.807) is 31.3 Å². The Balaban J connectivity index is 1.52. The molecule has 0 radical (unpaired) electrons. The lowest BCUT2D eigenvalue weighted by Gasteiger charge is -2.29. The summed E-state index contributed by atoms with van der Waals surface area (Å²) in [4.78, 5) is 13.8. The Hall–Kier alpha value is -3.20. The second-order valence-electron chi connectivity index (χ2n) is 5.67. The molecule has 0 aromatic heterocycles. The minimum absolute atomic E-state index is 0.140. The smallest absolute Gasteiger partial charge is 0.260 e. The van der Waals surface area contributed by atoms with E-state index < -0.39 is 0 Å². The molecule has 1 aliphatic rings. The van der Waals surface area contributed by atoms with E-state index in [9.17, 15) is 4.79 Å². The van der Waals surface area contributed by atoms with E-state index >= 15 is 0 Å². The number of amides is 1. The summed E-state index contributed by atoms with van der Waals surface area (Å²) in [6, 6.07) is 16.3. The van der Waals surface area contributed by atoms with Crippen molar-refractivity contribution < 1.29 is 19.0 Å². The number of nitrogens with zero attached hydrogens (tertiary/aromatic N) is 2. The molecule has 3 rings (SSSR count). The summed E-state index contributed by atoms with van der Waals surface area (Å²) in [7, 11) is 1.69. The van der Waals surface area contributed by atoms with Gasteiger partial charge in [0.2, 0.25) is 0 Å². The number of rotatable bonds is 5. The summed E-state index contributed by atoms with van der Waals surface area (Å²) in [5, 5.41) is 9.03. The maximum absolute atomic E-state index is 12.3. The van der Waals surface area contributed by atoms with Gasteiger partial charge in [0, 0.05) is 7.05 Å². The summed E-state index contributed by atoms with van der Waals surface area (Å²) in [5.41, 5.74) is 0.401. The molecule has 0 bridgehead atoms. The lowest BCUT2D eigenvalue weighted by molar-refractivity contribution is -0.133. The van der Waals surface area contributed by atoms with Gasteiger partial charge in [-0.3, -0.25) is 4.79 Å². The number of para-hydroxylation sites is 3. The summed E-state index contributed by atoms with van der Waals surface area (Å²) in [5.74, 6) is 1.59. The molecule has 6 nitrogen and oxygen atoms in total. The van der Waals surface area contributed by atoms with Crippen molar-refractivity contribution in [2.45, 2.75) is 6.10 Å². The second kappa shape index (κ2) is 7.58. The van der Waals surface area contributed by atoms with E-state index in [1.807, 2.05) is 30.3 Å². The van der Waals surface area contributed by atoms with Gasteiger partial charge in [-0.1, -0.05) is 24.3 Å². The van der Waals surface area contributed by atoms with Gasteiger partial charge >= 0.3 is 0 Å². The lowest BCUT2D eigenvalue weighted by Crippen LogP contribution is -2.43. The third-order valence-corrected chi connectivity index (χ3v) is 3.83. The summed E-state index contributed by atoms with van der Waals surface area (Å²) in [6.45, 7) is 0.628. The molecule has 6 heteroatoms. The third kappa shape index (κ3) is 4.01. The van der Waals surface area contributed by atoms with E-state index in [-0.39, 0.29) is 18.6 Å². The summed E-state index contributed by atoms with van der Waals surface area (Å²) >= 11 is 0. The van der Waals surface area contributed by atoms with Gasteiger partial charge in [-0.15, -0.1) is 0 Å². The molecule has 25 heavy (non-hydrogen) atoms. The average Bonchev–Trinajstić information content (AvgIpc) is 2.66.